The predicted molar refractivity (Wildman–Crippen MR) is 124 cm³/mol. The normalized spacial score (nSPS) is 31.7. The molecule has 1 N–H and O–H groups in total. The van der Waals surface area contributed by atoms with Crippen molar-refractivity contribution >= 4 is 11.9 Å². The summed E-state index contributed by atoms with van der Waals surface area (Å²) in [7, 11) is 6.27. The van der Waals surface area contributed by atoms with Gasteiger partial charge in [0.1, 0.15) is 10.8 Å². The highest BCUT2D eigenvalue weighted by Gasteiger charge is 2.74. The fourth-order valence-corrected chi connectivity index (χ4v) is 6.26. The van der Waals surface area contributed by atoms with E-state index in [2.05, 4.69) is 0 Å². The quantitative estimate of drug-likeness (QED) is 0.668. The van der Waals surface area contributed by atoms with Gasteiger partial charge in [-0.05, 0) is 52.2 Å². The molecule has 2 saturated heterocycles. The van der Waals surface area contributed by atoms with Crippen molar-refractivity contribution in [2.24, 2.45) is 10.8 Å². The number of aliphatic hydroxyl groups is 1. The van der Waals surface area contributed by atoms with Gasteiger partial charge in [-0.1, -0.05) is 12.1 Å². The number of fused-ring (bicyclic) bond motifs is 2. The third-order valence-corrected chi connectivity index (χ3v) is 7.34. The molecule has 4 unspecified atom stereocenters. The van der Waals surface area contributed by atoms with Crippen LogP contribution in [0.5, 0.6) is 0 Å². The van der Waals surface area contributed by atoms with Crippen LogP contribution in [0.1, 0.15) is 34.9 Å². The summed E-state index contributed by atoms with van der Waals surface area (Å²) in [6.45, 7) is 4.11. The van der Waals surface area contributed by atoms with Gasteiger partial charge in [-0.3, -0.25) is 24.5 Å². The van der Waals surface area contributed by atoms with Crippen LogP contribution >= 0.6 is 0 Å². The van der Waals surface area contributed by atoms with Gasteiger partial charge in [-0.25, -0.2) is 0 Å². The van der Waals surface area contributed by atoms with E-state index < -0.39 is 41.0 Å². The van der Waals surface area contributed by atoms with Crippen molar-refractivity contribution in [3.8, 4) is 0 Å². The fourth-order valence-electron chi connectivity index (χ4n) is 6.26. The maximum Gasteiger partial charge on any atom is 0.317 e. The zero-order valence-corrected chi connectivity index (χ0v) is 20.5. The Morgan fingerprint density at radius 2 is 1.29 bits per heavy atom. The van der Waals surface area contributed by atoms with E-state index in [1.54, 1.807) is 0 Å². The lowest BCUT2D eigenvalue weighted by atomic mass is 9.53. The Hall–Kier alpha value is -2.88. The number of pyridine rings is 2. The summed E-state index contributed by atoms with van der Waals surface area (Å²) in [5.74, 6) is -1.20. The molecule has 9 nitrogen and oxygen atoms in total. The van der Waals surface area contributed by atoms with Crippen LogP contribution in [0.25, 0.3) is 0 Å². The molecule has 0 spiro atoms. The first-order valence-corrected chi connectivity index (χ1v) is 11.3. The minimum atomic E-state index is -1.49. The molecular weight excluding hydrogens is 436 g/mol. The second kappa shape index (κ2) is 8.72. The number of carbonyl (C=O) groups is 2. The molecule has 0 amide bonds. The molecule has 9 heteroatoms. The molecule has 2 bridgehead atoms. The number of ether oxygens (including phenoxy) is 2. The van der Waals surface area contributed by atoms with Crippen molar-refractivity contribution in [3.05, 3.63) is 59.2 Å². The summed E-state index contributed by atoms with van der Waals surface area (Å²) in [5.41, 5.74) is -0.214. The molecule has 2 fully saturated rings. The van der Waals surface area contributed by atoms with Crippen molar-refractivity contribution in [3.63, 3.8) is 0 Å². The van der Waals surface area contributed by atoms with E-state index >= 15 is 0 Å². The molecule has 0 radical (unpaired) electrons. The third-order valence-electron chi connectivity index (χ3n) is 7.34. The second-order valence-electron chi connectivity index (χ2n) is 9.52. The Bertz CT molecular complexity index is 1030. The van der Waals surface area contributed by atoms with Crippen molar-refractivity contribution in [1.29, 1.82) is 0 Å². The van der Waals surface area contributed by atoms with E-state index in [9.17, 15) is 14.7 Å². The molecular formula is C25H32N4O5. The number of nitrogens with zero attached hydrogens (tertiary/aromatic N) is 4. The highest BCUT2D eigenvalue weighted by atomic mass is 16.5. The fraction of sp³-hybridized carbons (Fsp3) is 0.520. The molecule has 4 heterocycles. The lowest BCUT2D eigenvalue weighted by Gasteiger charge is -2.64. The van der Waals surface area contributed by atoms with Crippen molar-refractivity contribution in [2.45, 2.75) is 32.0 Å². The minimum Gasteiger partial charge on any atom is -0.468 e. The summed E-state index contributed by atoms with van der Waals surface area (Å²) >= 11 is 0. The third kappa shape index (κ3) is 3.33. The van der Waals surface area contributed by atoms with Crippen LogP contribution in [0, 0.1) is 24.7 Å². The molecule has 2 aromatic heterocycles. The molecule has 2 aromatic rings. The smallest absolute Gasteiger partial charge is 0.317 e. The average Bonchev–Trinajstić information content (AvgIpc) is 2.80. The number of aliphatic hydroxyl groups excluding tert-OH is 1. The average molecular weight is 469 g/mol. The molecule has 182 valence electrons. The molecule has 0 aliphatic carbocycles. The summed E-state index contributed by atoms with van der Waals surface area (Å²) in [5, 5.41) is 12.1. The van der Waals surface area contributed by atoms with Gasteiger partial charge in [0.15, 0.2) is 0 Å². The van der Waals surface area contributed by atoms with Gasteiger partial charge < -0.3 is 19.5 Å². The lowest BCUT2D eigenvalue weighted by molar-refractivity contribution is -0.247. The van der Waals surface area contributed by atoms with Crippen LogP contribution in [-0.2, 0) is 19.1 Å². The van der Waals surface area contributed by atoms with Crippen LogP contribution in [-0.4, -0.2) is 84.3 Å². The number of likely N-dealkylation sites (tertiary alicyclic amines) is 2. The first-order valence-electron chi connectivity index (χ1n) is 11.3. The topological polar surface area (TPSA) is 105 Å². The Morgan fingerprint density at radius 3 is 1.65 bits per heavy atom. The number of piperidine rings is 2. The van der Waals surface area contributed by atoms with Crippen LogP contribution in [0.4, 0.5) is 0 Å². The lowest BCUT2D eigenvalue weighted by Crippen LogP contribution is -2.76. The second-order valence-corrected chi connectivity index (χ2v) is 9.52. The minimum absolute atomic E-state index is 0.179. The van der Waals surface area contributed by atoms with Crippen molar-refractivity contribution < 1.29 is 24.2 Å². The van der Waals surface area contributed by atoms with E-state index in [-0.39, 0.29) is 13.1 Å². The van der Waals surface area contributed by atoms with Crippen LogP contribution in [0.3, 0.4) is 0 Å². The van der Waals surface area contributed by atoms with Gasteiger partial charge in [0.25, 0.3) is 0 Å². The van der Waals surface area contributed by atoms with Gasteiger partial charge in [0, 0.05) is 24.5 Å². The van der Waals surface area contributed by atoms with Gasteiger partial charge in [-0.15, -0.1) is 0 Å². The van der Waals surface area contributed by atoms with E-state index in [4.69, 9.17) is 19.4 Å². The number of methoxy groups -OCH3 is 2. The molecule has 34 heavy (non-hydrogen) atoms. The maximum atomic E-state index is 13.6. The van der Waals surface area contributed by atoms with Gasteiger partial charge >= 0.3 is 11.9 Å². The van der Waals surface area contributed by atoms with Gasteiger partial charge in [0.2, 0.25) is 0 Å². The number of rotatable bonds is 4. The number of carbonyl (C=O) groups excluding carboxylic acids is 2. The van der Waals surface area contributed by atoms with E-state index in [0.29, 0.717) is 11.4 Å². The molecule has 4 rings (SSSR count). The highest BCUT2D eigenvalue weighted by molar-refractivity contribution is 5.86. The highest BCUT2D eigenvalue weighted by Crippen LogP contribution is 2.62. The first-order chi connectivity index (χ1) is 16.1. The Labute approximate surface area is 199 Å². The predicted octanol–water partition coefficient (Wildman–Crippen LogP) is 1.45. The standard InChI is InChI=1S/C25H32N4O5/c1-15-9-7-11-17(26-15)19-24(22(31)33-5)13-28(3)14-25(21(24)30,23(32)34-6)20(29(19)4)18-12-8-10-16(2)27-18/h7-12,19-21,30H,13-14H2,1-6H3. The SMILES string of the molecule is COC(=O)C12CN(C)CC(C(=O)OC)(C(c3cccc(C)n3)N(C)C1c1cccc(C)n1)C2O. The van der Waals surface area contributed by atoms with E-state index in [0.717, 1.165) is 11.4 Å². The first kappa shape index (κ1) is 24.3. The summed E-state index contributed by atoms with van der Waals surface area (Å²) in [4.78, 5) is 40.5. The Kier molecular flexibility index (Phi) is 6.22. The van der Waals surface area contributed by atoms with Crippen LogP contribution < -0.4 is 0 Å². The summed E-state index contributed by atoms with van der Waals surface area (Å²) in [6.07, 6.45) is -1.41. The van der Waals surface area contributed by atoms with Gasteiger partial charge in [0.05, 0.1) is 43.8 Å². The number of hydrogen-bond acceptors (Lipinski definition) is 9. The van der Waals surface area contributed by atoms with Crippen molar-refractivity contribution in [2.75, 3.05) is 41.4 Å². The molecule has 4 atom stereocenters. The molecule has 0 saturated carbocycles. The van der Waals surface area contributed by atoms with Crippen LogP contribution in [0.2, 0.25) is 0 Å². The largest absolute Gasteiger partial charge is 0.468 e. The Balaban J connectivity index is 2.08. The van der Waals surface area contributed by atoms with Crippen molar-refractivity contribution in [1.82, 2.24) is 19.8 Å². The molecule has 2 aliphatic rings. The van der Waals surface area contributed by atoms with Crippen LogP contribution in [0.15, 0.2) is 36.4 Å². The zero-order valence-electron chi connectivity index (χ0n) is 20.5. The van der Waals surface area contributed by atoms with E-state index in [1.165, 1.54) is 14.2 Å². The van der Waals surface area contributed by atoms with Gasteiger partial charge in [-0.2, -0.15) is 0 Å². The number of esters is 2. The molecule has 0 aromatic carbocycles. The Morgan fingerprint density at radius 1 is 0.882 bits per heavy atom. The molecule has 2 aliphatic heterocycles. The van der Waals surface area contributed by atoms with E-state index in [1.807, 2.05) is 74.1 Å². The monoisotopic (exact) mass is 468 g/mol. The summed E-state index contributed by atoms with van der Waals surface area (Å²) in [6, 6.07) is 9.79. The summed E-state index contributed by atoms with van der Waals surface area (Å²) < 4.78 is 10.6. The number of aryl methyl sites for hydroxylation is 2. The number of aromatic nitrogens is 2. The zero-order chi connectivity index (χ0) is 24.8. The number of hydrogen-bond donors (Lipinski definition) is 1. The maximum absolute atomic E-state index is 13.6.